The van der Waals surface area contributed by atoms with Crippen LogP contribution in [0.15, 0.2) is 58.5 Å². The molecule has 0 bridgehead atoms. The fourth-order valence-corrected chi connectivity index (χ4v) is 3.84. The molecular formula is C21H20N4O4S. The fourth-order valence-electron chi connectivity index (χ4n) is 3.21. The Morgan fingerprint density at radius 3 is 2.40 bits per heavy atom. The molecule has 1 aliphatic rings. The van der Waals surface area contributed by atoms with Crippen LogP contribution in [0.5, 0.6) is 11.5 Å². The van der Waals surface area contributed by atoms with Crippen molar-refractivity contribution in [2.45, 2.75) is 10.8 Å². The molecule has 3 aromatic rings. The largest absolute Gasteiger partial charge is 0.493 e. The van der Waals surface area contributed by atoms with Gasteiger partial charge in [-0.25, -0.2) is 18.4 Å². The van der Waals surface area contributed by atoms with E-state index in [2.05, 4.69) is 20.3 Å². The van der Waals surface area contributed by atoms with Crippen LogP contribution >= 0.6 is 0 Å². The third-order valence-electron chi connectivity index (χ3n) is 4.76. The van der Waals surface area contributed by atoms with Crippen molar-refractivity contribution in [2.24, 2.45) is 4.99 Å². The smallest absolute Gasteiger partial charge is 0.227 e. The number of hydrogen-bond donors (Lipinski definition) is 1. The first-order valence-corrected chi connectivity index (χ1v) is 11.0. The monoisotopic (exact) mass is 424 g/mol. The van der Waals surface area contributed by atoms with Gasteiger partial charge in [-0.1, -0.05) is 12.1 Å². The van der Waals surface area contributed by atoms with Crippen LogP contribution in [0, 0.1) is 0 Å². The number of benzene rings is 2. The number of hydrogen-bond acceptors (Lipinski definition) is 8. The lowest BCUT2D eigenvalue weighted by Gasteiger charge is -2.13. The van der Waals surface area contributed by atoms with Gasteiger partial charge in [-0.15, -0.1) is 0 Å². The van der Waals surface area contributed by atoms with E-state index < -0.39 is 9.84 Å². The van der Waals surface area contributed by atoms with Gasteiger partial charge in [-0.2, -0.15) is 0 Å². The number of methoxy groups -OCH3 is 2. The molecule has 8 nitrogen and oxygen atoms in total. The van der Waals surface area contributed by atoms with Gasteiger partial charge < -0.3 is 14.8 Å². The standard InChI is InChI=1S/C21H20N4O4S/c1-28-18-9-6-14(10-19(18)29-2)24-21-23-12-17-20(25-21)16(11-22-17)13-4-7-15(8-5-13)30(3,26)27/h4-12,16H,1-3H3,(H,23,24,25). The summed E-state index contributed by atoms with van der Waals surface area (Å²) in [5.74, 6) is 1.46. The van der Waals surface area contributed by atoms with E-state index in [4.69, 9.17) is 9.47 Å². The minimum absolute atomic E-state index is 0.178. The van der Waals surface area contributed by atoms with Gasteiger partial charge in [0, 0.05) is 24.2 Å². The van der Waals surface area contributed by atoms with E-state index in [0.29, 0.717) is 23.1 Å². The number of aromatic nitrogens is 2. The van der Waals surface area contributed by atoms with E-state index in [-0.39, 0.29) is 10.8 Å². The van der Waals surface area contributed by atoms with Gasteiger partial charge in [-0.05, 0) is 29.8 Å². The molecule has 0 saturated heterocycles. The summed E-state index contributed by atoms with van der Waals surface area (Å²) in [7, 11) is -0.0898. The third kappa shape index (κ3) is 3.84. The molecule has 0 amide bonds. The number of anilines is 2. The van der Waals surface area contributed by atoms with Crippen molar-refractivity contribution in [3.63, 3.8) is 0 Å². The molecule has 0 aliphatic carbocycles. The van der Waals surface area contributed by atoms with E-state index in [9.17, 15) is 8.42 Å². The van der Waals surface area contributed by atoms with Crippen molar-refractivity contribution >= 4 is 33.4 Å². The van der Waals surface area contributed by atoms with Gasteiger partial charge in [-0.3, -0.25) is 4.99 Å². The Balaban J connectivity index is 1.61. The highest BCUT2D eigenvalue weighted by atomic mass is 32.2. The molecule has 1 N–H and O–H groups in total. The summed E-state index contributed by atoms with van der Waals surface area (Å²) >= 11 is 0. The highest BCUT2D eigenvalue weighted by molar-refractivity contribution is 7.90. The van der Waals surface area contributed by atoms with E-state index in [1.807, 2.05) is 6.07 Å². The van der Waals surface area contributed by atoms with E-state index in [1.54, 1.807) is 63.0 Å². The summed E-state index contributed by atoms with van der Waals surface area (Å²) in [5, 5.41) is 3.17. The van der Waals surface area contributed by atoms with Crippen LogP contribution in [-0.2, 0) is 9.84 Å². The second kappa shape index (κ2) is 7.75. The van der Waals surface area contributed by atoms with Gasteiger partial charge in [0.15, 0.2) is 21.3 Å². The second-order valence-corrected chi connectivity index (χ2v) is 8.77. The van der Waals surface area contributed by atoms with Crippen LogP contribution in [0.1, 0.15) is 17.2 Å². The molecule has 1 unspecified atom stereocenters. The Morgan fingerprint density at radius 1 is 1.00 bits per heavy atom. The average molecular weight is 424 g/mol. The fraction of sp³-hybridized carbons (Fsp3) is 0.190. The highest BCUT2D eigenvalue weighted by Gasteiger charge is 2.24. The topological polar surface area (TPSA) is 103 Å². The first kappa shape index (κ1) is 19.8. The number of aliphatic imine (C=N–C) groups is 1. The summed E-state index contributed by atoms with van der Waals surface area (Å²) in [6, 6.07) is 12.2. The molecule has 1 aromatic heterocycles. The zero-order valence-electron chi connectivity index (χ0n) is 16.7. The van der Waals surface area contributed by atoms with Crippen molar-refractivity contribution in [1.29, 1.82) is 0 Å². The zero-order chi connectivity index (χ0) is 21.3. The molecule has 2 aromatic carbocycles. The van der Waals surface area contributed by atoms with Crippen LogP contribution in [-0.4, -0.2) is 45.1 Å². The van der Waals surface area contributed by atoms with E-state index in [0.717, 1.165) is 16.9 Å². The molecule has 30 heavy (non-hydrogen) atoms. The van der Waals surface area contributed by atoms with Crippen molar-refractivity contribution in [1.82, 2.24) is 9.97 Å². The Hall–Kier alpha value is -3.46. The Morgan fingerprint density at radius 2 is 1.73 bits per heavy atom. The van der Waals surface area contributed by atoms with Crippen LogP contribution in [0.2, 0.25) is 0 Å². The van der Waals surface area contributed by atoms with Crippen molar-refractivity contribution in [2.75, 3.05) is 25.8 Å². The molecule has 1 atom stereocenters. The van der Waals surface area contributed by atoms with Crippen molar-refractivity contribution in [3.8, 4) is 11.5 Å². The number of nitrogens with zero attached hydrogens (tertiary/aromatic N) is 3. The Kier molecular flexibility index (Phi) is 5.13. The molecular weight excluding hydrogens is 404 g/mol. The van der Waals surface area contributed by atoms with E-state index in [1.165, 1.54) is 6.26 Å². The maximum absolute atomic E-state index is 11.7. The maximum atomic E-state index is 11.7. The number of nitrogens with one attached hydrogen (secondary N) is 1. The second-order valence-electron chi connectivity index (χ2n) is 6.76. The number of ether oxygens (including phenoxy) is 2. The lowest BCUT2D eigenvalue weighted by atomic mass is 9.98. The van der Waals surface area contributed by atoms with Crippen molar-refractivity contribution in [3.05, 3.63) is 59.9 Å². The highest BCUT2D eigenvalue weighted by Crippen LogP contribution is 2.36. The lowest BCUT2D eigenvalue weighted by molar-refractivity contribution is 0.355. The van der Waals surface area contributed by atoms with Gasteiger partial charge in [0.1, 0.15) is 5.69 Å². The van der Waals surface area contributed by atoms with Crippen molar-refractivity contribution < 1.29 is 17.9 Å². The molecule has 0 saturated carbocycles. The molecule has 4 rings (SSSR count). The molecule has 0 spiro atoms. The number of fused-ring (bicyclic) bond motifs is 1. The van der Waals surface area contributed by atoms with Gasteiger partial charge >= 0.3 is 0 Å². The van der Waals surface area contributed by atoms with Crippen LogP contribution in [0.25, 0.3) is 0 Å². The summed E-state index contributed by atoms with van der Waals surface area (Å²) in [5.41, 5.74) is 3.09. The lowest BCUT2D eigenvalue weighted by Crippen LogP contribution is -2.05. The molecule has 0 radical (unpaired) electrons. The van der Waals surface area contributed by atoms with Gasteiger partial charge in [0.25, 0.3) is 0 Å². The Bertz CT molecular complexity index is 1220. The average Bonchev–Trinajstić information content (AvgIpc) is 3.16. The summed E-state index contributed by atoms with van der Waals surface area (Å²) in [4.78, 5) is 13.6. The van der Waals surface area contributed by atoms with Crippen LogP contribution in [0.3, 0.4) is 0 Å². The number of sulfone groups is 1. The Labute approximate surface area is 174 Å². The first-order valence-electron chi connectivity index (χ1n) is 9.09. The minimum Gasteiger partial charge on any atom is -0.493 e. The van der Waals surface area contributed by atoms with E-state index >= 15 is 0 Å². The number of rotatable bonds is 6. The van der Waals surface area contributed by atoms with Gasteiger partial charge in [0.2, 0.25) is 5.95 Å². The molecule has 9 heteroatoms. The molecule has 0 fully saturated rings. The zero-order valence-corrected chi connectivity index (χ0v) is 17.5. The molecule has 1 aliphatic heterocycles. The predicted octanol–water partition coefficient (Wildman–Crippen LogP) is 3.49. The normalized spacial score (nSPS) is 15.0. The summed E-state index contributed by atoms with van der Waals surface area (Å²) in [6.45, 7) is 0. The molecule has 2 heterocycles. The SMILES string of the molecule is COc1ccc(Nc2ncc3c(n2)C(c2ccc(S(C)(=O)=O)cc2)C=N3)cc1OC. The predicted molar refractivity (Wildman–Crippen MR) is 114 cm³/mol. The minimum atomic E-state index is -3.24. The van der Waals surface area contributed by atoms with Crippen LogP contribution in [0.4, 0.5) is 17.3 Å². The first-order chi connectivity index (χ1) is 14.4. The quantitative estimate of drug-likeness (QED) is 0.646. The summed E-state index contributed by atoms with van der Waals surface area (Å²) < 4.78 is 34.0. The maximum Gasteiger partial charge on any atom is 0.227 e. The van der Waals surface area contributed by atoms with Gasteiger partial charge in [0.05, 0.1) is 36.9 Å². The molecule has 154 valence electrons. The van der Waals surface area contributed by atoms with Crippen LogP contribution < -0.4 is 14.8 Å². The summed E-state index contributed by atoms with van der Waals surface area (Å²) in [6.07, 6.45) is 4.63. The third-order valence-corrected chi connectivity index (χ3v) is 5.89.